The monoisotopic (exact) mass is 770 g/mol. The number of benzene rings is 3. The Kier molecular flexibility index (Phi) is 11.5. The maximum Gasteiger partial charge on any atom is 0.228 e. The van der Waals surface area contributed by atoms with Gasteiger partial charge in [0.25, 0.3) is 0 Å². The molecule has 1 saturated heterocycles. The van der Waals surface area contributed by atoms with Gasteiger partial charge in [0.1, 0.15) is 47.6 Å². The zero-order valence-electron chi connectivity index (χ0n) is 32.9. The normalized spacial score (nSPS) is 19.2. The molecule has 6 rings (SSSR count). The smallest absolute Gasteiger partial charge is 0.228 e. The number of carbonyl (C=O) groups is 1. The van der Waals surface area contributed by atoms with Gasteiger partial charge in [-0.3, -0.25) is 4.79 Å². The summed E-state index contributed by atoms with van der Waals surface area (Å²) in [7, 11) is 0.674. The van der Waals surface area contributed by atoms with Gasteiger partial charge in [-0.2, -0.15) is 0 Å². The predicted molar refractivity (Wildman–Crippen MR) is 211 cm³/mol. The zero-order valence-corrected chi connectivity index (χ0v) is 33.9. The average Bonchev–Trinajstić information content (AvgIpc) is 3.67. The number of nitrogens with zero attached hydrogens (tertiary/aromatic N) is 3. The molecule has 1 amide bonds. The number of anilines is 1. The molecule has 1 fully saturated rings. The van der Waals surface area contributed by atoms with Gasteiger partial charge in [-0.05, 0) is 59.1 Å². The summed E-state index contributed by atoms with van der Waals surface area (Å²) in [5.41, 5.74) is 1.47. The summed E-state index contributed by atoms with van der Waals surface area (Å²) < 4.78 is 49.2. The fourth-order valence-electron chi connectivity index (χ4n) is 6.59. The maximum atomic E-state index is 16.0. The average molecular weight is 771 g/mol. The van der Waals surface area contributed by atoms with E-state index in [4.69, 9.17) is 23.4 Å². The van der Waals surface area contributed by atoms with Crippen molar-refractivity contribution in [3.8, 4) is 11.5 Å². The molecule has 292 valence electrons. The highest BCUT2D eigenvalue weighted by Gasteiger charge is 2.52. The molecule has 1 aliphatic heterocycles. The minimum absolute atomic E-state index is 0.0301. The lowest BCUT2D eigenvalue weighted by molar-refractivity contribution is -0.118. The molecular weight excluding hydrogens is 720 g/mol. The first-order valence-corrected chi connectivity index (χ1v) is 21.3. The third-order valence-corrected chi connectivity index (χ3v) is 15.3. The quantitative estimate of drug-likeness (QED) is 0.0910. The van der Waals surface area contributed by atoms with E-state index in [9.17, 15) is 9.90 Å². The first-order valence-electron chi connectivity index (χ1n) is 18.4. The van der Waals surface area contributed by atoms with Crippen molar-refractivity contribution in [1.82, 2.24) is 14.5 Å². The van der Waals surface area contributed by atoms with Gasteiger partial charge in [0.05, 0.1) is 26.2 Å². The second kappa shape index (κ2) is 15.8. The summed E-state index contributed by atoms with van der Waals surface area (Å²) in [5, 5.41) is 14.8. The fourth-order valence-corrected chi connectivity index (χ4v) is 7.88. The number of aliphatic hydroxyl groups excluding tert-OH is 1. The highest BCUT2D eigenvalue weighted by molar-refractivity contribution is 6.74. The number of amides is 1. The number of halogens is 1. The number of aromatic nitrogens is 3. The number of methoxy groups -OCH3 is 2. The summed E-state index contributed by atoms with van der Waals surface area (Å²) in [4.78, 5) is 21.3. The van der Waals surface area contributed by atoms with E-state index in [2.05, 4.69) is 49.1 Å². The molecule has 3 heterocycles. The Balaban J connectivity index is 1.45. The standard InChI is InChI=1S/C42H51FN4O7Si/c1-26(2)39(49)46-37-34-32(43)23-47(38(34)45-25-44-37)40-36(54-55(8,9)41(3,4)5)35(48)33(53-40)24-52-42(27-13-11-10-12-14-27,28-15-19-30(50-6)20-16-28)29-17-21-31(51-7)22-18-29/h10-23,25-26,33,35-36,40,48H,24H2,1-9H3,(H,44,45,46,49)/t33-,35+,36-,40-/m1/s1. The van der Waals surface area contributed by atoms with Crippen LogP contribution in [0.15, 0.2) is 91.4 Å². The first-order chi connectivity index (χ1) is 26.1. The number of fused-ring (bicyclic) bond motifs is 1. The zero-order chi connectivity index (χ0) is 39.7. The van der Waals surface area contributed by atoms with Crippen LogP contribution in [-0.4, -0.2) is 73.0 Å². The third kappa shape index (κ3) is 7.76. The Morgan fingerprint density at radius 3 is 2.02 bits per heavy atom. The second-order valence-corrected chi connectivity index (χ2v) is 20.4. The molecule has 2 N–H and O–H groups in total. The third-order valence-electron chi connectivity index (χ3n) is 10.8. The van der Waals surface area contributed by atoms with E-state index in [1.165, 1.54) is 17.1 Å². The molecule has 0 aliphatic carbocycles. The van der Waals surface area contributed by atoms with Crippen LogP contribution in [0, 0.1) is 11.7 Å². The van der Waals surface area contributed by atoms with Crippen molar-refractivity contribution in [3.05, 3.63) is 114 Å². The van der Waals surface area contributed by atoms with E-state index in [1.807, 2.05) is 78.9 Å². The molecule has 0 radical (unpaired) electrons. The van der Waals surface area contributed by atoms with Crippen LogP contribution in [0.1, 0.15) is 57.5 Å². The molecule has 0 saturated carbocycles. The van der Waals surface area contributed by atoms with Gasteiger partial charge in [0.2, 0.25) is 5.91 Å². The van der Waals surface area contributed by atoms with Crippen LogP contribution in [-0.2, 0) is 24.3 Å². The van der Waals surface area contributed by atoms with Crippen molar-refractivity contribution in [3.63, 3.8) is 0 Å². The van der Waals surface area contributed by atoms with Gasteiger partial charge >= 0.3 is 0 Å². The molecule has 1 aliphatic rings. The summed E-state index contributed by atoms with van der Waals surface area (Å²) in [6.45, 7) is 13.9. The van der Waals surface area contributed by atoms with Crippen molar-refractivity contribution in [2.75, 3.05) is 26.1 Å². The first kappa shape index (κ1) is 40.0. The highest BCUT2D eigenvalue weighted by atomic mass is 28.4. The predicted octanol–water partition coefficient (Wildman–Crippen LogP) is 7.84. The Labute approximate surface area is 322 Å². The van der Waals surface area contributed by atoms with Crippen molar-refractivity contribution >= 4 is 31.1 Å². The molecule has 2 aromatic heterocycles. The van der Waals surface area contributed by atoms with E-state index in [1.54, 1.807) is 28.1 Å². The molecule has 4 atom stereocenters. The van der Waals surface area contributed by atoms with Crippen LogP contribution in [0.5, 0.6) is 11.5 Å². The molecule has 3 aromatic carbocycles. The highest BCUT2D eigenvalue weighted by Crippen LogP contribution is 2.46. The summed E-state index contributed by atoms with van der Waals surface area (Å²) >= 11 is 0. The lowest BCUT2D eigenvalue weighted by atomic mass is 9.80. The van der Waals surface area contributed by atoms with E-state index < -0.39 is 44.3 Å². The van der Waals surface area contributed by atoms with Gasteiger partial charge in [0, 0.05) is 12.1 Å². The van der Waals surface area contributed by atoms with Crippen molar-refractivity contribution in [2.45, 2.75) is 82.9 Å². The molecule has 0 unspecified atom stereocenters. The molecule has 55 heavy (non-hydrogen) atoms. The number of carbonyl (C=O) groups excluding carboxylic acids is 1. The minimum Gasteiger partial charge on any atom is -0.497 e. The van der Waals surface area contributed by atoms with Gasteiger partial charge in [-0.15, -0.1) is 0 Å². The molecule has 13 heteroatoms. The molecule has 0 spiro atoms. The Hall–Kier alpha value is -4.66. The van der Waals surface area contributed by atoms with Gasteiger partial charge < -0.3 is 38.4 Å². The largest absolute Gasteiger partial charge is 0.497 e. The van der Waals surface area contributed by atoms with Crippen LogP contribution < -0.4 is 14.8 Å². The molecular formula is C42H51FN4O7Si. The Bertz CT molecular complexity index is 2040. The lowest BCUT2D eigenvalue weighted by Crippen LogP contribution is -2.49. The van der Waals surface area contributed by atoms with Crippen LogP contribution in [0.25, 0.3) is 11.0 Å². The van der Waals surface area contributed by atoms with Gasteiger partial charge in [-0.1, -0.05) is 89.2 Å². The molecule has 11 nitrogen and oxygen atoms in total. The summed E-state index contributed by atoms with van der Waals surface area (Å²) in [6, 6.07) is 25.2. The lowest BCUT2D eigenvalue weighted by Gasteiger charge is -2.40. The van der Waals surface area contributed by atoms with Crippen LogP contribution in [0.2, 0.25) is 18.1 Å². The number of hydrogen-bond donors (Lipinski definition) is 2. The van der Waals surface area contributed by atoms with E-state index in [-0.39, 0.29) is 40.3 Å². The minimum atomic E-state index is -2.56. The maximum absolute atomic E-state index is 16.0. The van der Waals surface area contributed by atoms with Gasteiger partial charge in [-0.25, -0.2) is 14.4 Å². The van der Waals surface area contributed by atoms with Crippen LogP contribution in [0.3, 0.4) is 0 Å². The van der Waals surface area contributed by atoms with Crippen molar-refractivity contribution in [2.24, 2.45) is 5.92 Å². The Morgan fingerprint density at radius 1 is 0.927 bits per heavy atom. The number of hydrogen-bond acceptors (Lipinski definition) is 9. The van der Waals surface area contributed by atoms with E-state index in [0.29, 0.717) is 11.5 Å². The van der Waals surface area contributed by atoms with E-state index >= 15 is 4.39 Å². The second-order valence-electron chi connectivity index (χ2n) is 15.7. The van der Waals surface area contributed by atoms with E-state index in [0.717, 1.165) is 16.7 Å². The summed E-state index contributed by atoms with van der Waals surface area (Å²) in [6.07, 6.45) is -1.54. The number of nitrogens with one attached hydrogen (secondary N) is 1. The number of aliphatic hydroxyl groups is 1. The van der Waals surface area contributed by atoms with Crippen molar-refractivity contribution in [1.29, 1.82) is 0 Å². The van der Waals surface area contributed by atoms with Gasteiger partial charge in [0.15, 0.2) is 26.0 Å². The SMILES string of the molecule is COc1ccc(C(OC[C@H]2O[C@@H](n3cc(F)c4c(NC(=O)C(C)C)ncnc43)[C@H](O[Si](C)(C)C(C)(C)C)[C@H]2O)(c2ccccc2)c2ccc(OC)cc2)cc1. The molecule has 0 bridgehead atoms. The number of ether oxygens (including phenoxy) is 4. The van der Waals surface area contributed by atoms with Crippen LogP contribution >= 0.6 is 0 Å². The number of rotatable bonds is 13. The summed E-state index contributed by atoms with van der Waals surface area (Å²) in [5.74, 6) is 0.0975. The Morgan fingerprint density at radius 2 is 1.49 bits per heavy atom. The fraction of sp³-hybridized carbons (Fsp3) is 0.405. The van der Waals surface area contributed by atoms with Crippen molar-refractivity contribution < 1.29 is 37.7 Å². The van der Waals surface area contributed by atoms with Crippen LogP contribution in [0.4, 0.5) is 10.2 Å². The molecule has 5 aromatic rings. The topological polar surface area (TPSA) is 126 Å².